The van der Waals surface area contributed by atoms with Gasteiger partial charge >= 0.3 is 0 Å². The van der Waals surface area contributed by atoms with Crippen molar-refractivity contribution in [3.8, 4) is 5.75 Å². The molecule has 0 fully saturated rings. The quantitative estimate of drug-likeness (QED) is 0.652. The smallest absolute Gasteiger partial charge is 0.151 e. The molecule has 1 aromatic rings. The maximum absolute atomic E-state index is 5.94. The highest BCUT2D eigenvalue weighted by atomic mass is 16.5. The molecule has 0 unspecified atom stereocenters. The second-order valence-electron chi connectivity index (χ2n) is 5.66. The molecule has 0 saturated heterocycles. The number of hydrogen-bond acceptors (Lipinski definition) is 4. The van der Waals surface area contributed by atoms with Gasteiger partial charge in [0.1, 0.15) is 0 Å². The average Bonchev–Trinajstić information content (AvgIpc) is 2.63. The molecule has 0 saturated carbocycles. The molecule has 1 aromatic carbocycles. The van der Waals surface area contributed by atoms with E-state index < -0.39 is 0 Å². The minimum atomic E-state index is 0.760. The first-order valence-corrected chi connectivity index (χ1v) is 8.50. The minimum absolute atomic E-state index is 0.760. The first-order valence-electron chi connectivity index (χ1n) is 8.50. The molecule has 0 aromatic heterocycles. The van der Waals surface area contributed by atoms with Gasteiger partial charge in [0.15, 0.2) is 11.5 Å². The SMILES string of the molecule is C=CC1=C(C=C)N(CCCN(CC)CCOC)c2ccccc2O1. The minimum Gasteiger partial charge on any atom is -0.453 e. The maximum atomic E-state index is 5.94. The van der Waals surface area contributed by atoms with Gasteiger partial charge in [-0.2, -0.15) is 0 Å². The third-order valence-corrected chi connectivity index (χ3v) is 4.21. The van der Waals surface area contributed by atoms with E-state index in [0.29, 0.717) is 0 Å². The number of nitrogens with zero attached hydrogens (tertiary/aromatic N) is 2. The van der Waals surface area contributed by atoms with Crippen molar-refractivity contribution >= 4 is 5.69 Å². The lowest BCUT2D eigenvalue weighted by atomic mass is 10.1. The van der Waals surface area contributed by atoms with Crippen LogP contribution in [-0.2, 0) is 4.74 Å². The van der Waals surface area contributed by atoms with Crippen molar-refractivity contribution in [2.75, 3.05) is 44.8 Å². The Hall–Kier alpha value is -2.04. The van der Waals surface area contributed by atoms with Crippen LogP contribution in [0.25, 0.3) is 0 Å². The van der Waals surface area contributed by atoms with Gasteiger partial charge in [-0.05, 0) is 43.8 Å². The van der Waals surface area contributed by atoms with Crippen LogP contribution in [0.4, 0.5) is 5.69 Å². The highest BCUT2D eigenvalue weighted by molar-refractivity contribution is 5.67. The Morgan fingerprint density at radius 3 is 2.67 bits per heavy atom. The van der Waals surface area contributed by atoms with E-state index in [2.05, 4.69) is 35.9 Å². The largest absolute Gasteiger partial charge is 0.453 e. The zero-order chi connectivity index (χ0) is 17.4. The van der Waals surface area contributed by atoms with E-state index >= 15 is 0 Å². The fourth-order valence-corrected chi connectivity index (χ4v) is 2.90. The van der Waals surface area contributed by atoms with E-state index in [1.54, 1.807) is 13.2 Å². The summed E-state index contributed by atoms with van der Waals surface area (Å²) in [6.07, 6.45) is 4.64. The van der Waals surface area contributed by atoms with Crippen LogP contribution in [0.15, 0.2) is 61.0 Å². The van der Waals surface area contributed by atoms with Gasteiger partial charge in [-0.1, -0.05) is 32.2 Å². The second-order valence-corrected chi connectivity index (χ2v) is 5.66. The van der Waals surface area contributed by atoms with E-state index in [9.17, 15) is 0 Å². The van der Waals surface area contributed by atoms with Crippen LogP contribution in [0.1, 0.15) is 13.3 Å². The maximum Gasteiger partial charge on any atom is 0.151 e. The van der Waals surface area contributed by atoms with Crippen LogP contribution in [0, 0.1) is 0 Å². The van der Waals surface area contributed by atoms with E-state index in [1.807, 2.05) is 24.3 Å². The molecular formula is C20H28N2O2. The number of rotatable bonds is 10. The van der Waals surface area contributed by atoms with Gasteiger partial charge in [-0.3, -0.25) is 0 Å². The zero-order valence-corrected chi connectivity index (χ0v) is 14.8. The molecule has 0 atom stereocenters. The van der Waals surface area contributed by atoms with Crippen molar-refractivity contribution in [1.82, 2.24) is 4.90 Å². The number of benzene rings is 1. The summed E-state index contributed by atoms with van der Waals surface area (Å²) >= 11 is 0. The molecule has 130 valence electrons. The summed E-state index contributed by atoms with van der Waals surface area (Å²) in [7, 11) is 1.75. The lowest BCUT2D eigenvalue weighted by molar-refractivity contribution is 0.150. The molecule has 1 aliphatic heterocycles. The molecule has 4 heteroatoms. The predicted octanol–water partition coefficient (Wildman–Crippen LogP) is 3.83. The summed E-state index contributed by atoms with van der Waals surface area (Å²) in [4.78, 5) is 4.68. The number of fused-ring (bicyclic) bond motifs is 1. The Morgan fingerprint density at radius 2 is 2.00 bits per heavy atom. The number of methoxy groups -OCH3 is 1. The Labute approximate surface area is 145 Å². The summed E-state index contributed by atoms with van der Waals surface area (Å²) in [5.74, 6) is 1.63. The first kappa shape index (κ1) is 18.3. The summed E-state index contributed by atoms with van der Waals surface area (Å²) in [6.45, 7) is 14.7. The summed E-state index contributed by atoms with van der Waals surface area (Å²) in [6, 6.07) is 8.09. The fraction of sp³-hybridized carbons (Fsp3) is 0.400. The third kappa shape index (κ3) is 4.28. The van der Waals surface area contributed by atoms with Crippen LogP contribution in [0.2, 0.25) is 0 Å². The number of allylic oxidation sites excluding steroid dienone is 2. The molecule has 1 heterocycles. The number of para-hydroxylation sites is 2. The lowest BCUT2D eigenvalue weighted by Gasteiger charge is -2.33. The number of ether oxygens (including phenoxy) is 2. The van der Waals surface area contributed by atoms with Crippen LogP contribution < -0.4 is 9.64 Å². The molecule has 24 heavy (non-hydrogen) atoms. The summed E-state index contributed by atoms with van der Waals surface area (Å²) < 4.78 is 11.1. The second kappa shape index (κ2) is 9.30. The number of anilines is 1. The molecule has 0 radical (unpaired) electrons. The third-order valence-electron chi connectivity index (χ3n) is 4.21. The Kier molecular flexibility index (Phi) is 7.09. The highest BCUT2D eigenvalue weighted by Gasteiger charge is 2.23. The Morgan fingerprint density at radius 1 is 1.21 bits per heavy atom. The van der Waals surface area contributed by atoms with E-state index in [-0.39, 0.29) is 0 Å². The Balaban J connectivity index is 2.10. The average molecular weight is 328 g/mol. The monoisotopic (exact) mass is 328 g/mol. The predicted molar refractivity (Wildman–Crippen MR) is 100 cm³/mol. The molecular weight excluding hydrogens is 300 g/mol. The van der Waals surface area contributed by atoms with Gasteiger partial charge < -0.3 is 19.3 Å². The molecule has 2 rings (SSSR count). The molecule has 1 aliphatic rings. The van der Waals surface area contributed by atoms with Crippen molar-refractivity contribution in [2.24, 2.45) is 0 Å². The van der Waals surface area contributed by atoms with Crippen molar-refractivity contribution in [1.29, 1.82) is 0 Å². The van der Waals surface area contributed by atoms with Crippen LogP contribution in [0.3, 0.4) is 0 Å². The van der Waals surface area contributed by atoms with Gasteiger partial charge in [0, 0.05) is 20.2 Å². The van der Waals surface area contributed by atoms with Crippen molar-refractivity contribution in [3.05, 3.63) is 61.0 Å². The van der Waals surface area contributed by atoms with Crippen LogP contribution in [0.5, 0.6) is 5.75 Å². The fourth-order valence-electron chi connectivity index (χ4n) is 2.90. The van der Waals surface area contributed by atoms with Crippen LogP contribution >= 0.6 is 0 Å². The van der Waals surface area contributed by atoms with Gasteiger partial charge in [-0.15, -0.1) is 0 Å². The van der Waals surface area contributed by atoms with E-state index in [0.717, 1.165) is 62.1 Å². The van der Waals surface area contributed by atoms with Gasteiger partial charge in [0.2, 0.25) is 0 Å². The van der Waals surface area contributed by atoms with Gasteiger partial charge in [-0.25, -0.2) is 0 Å². The number of hydrogen-bond donors (Lipinski definition) is 0. The van der Waals surface area contributed by atoms with E-state index in [4.69, 9.17) is 9.47 Å². The topological polar surface area (TPSA) is 24.9 Å². The van der Waals surface area contributed by atoms with Gasteiger partial charge in [0.05, 0.1) is 18.0 Å². The highest BCUT2D eigenvalue weighted by Crippen LogP contribution is 2.37. The molecule has 4 nitrogen and oxygen atoms in total. The standard InChI is InChI=1S/C20H28N2O2/c1-5-17-19(6-2)24-20-12-9-8-11-18(20)22(17)14-10-13-21(7-3)15-16-23-4/h5-6,8-9,11-12H,1-2,7,10,13-16H2,3-4H3. The summed E-state index contributed by atoms with van der Waals surface area (Å²) in [5, 5.41) is 0. The lowest BCUT2D eigenvalue weighted by Crippen LogP contribution is -2.33. The Bertz CT molecular complexity index is 595. The van der Waals surface area contributed by atoms with Gasteiger partial charge in [0.25, 0.3) is 0 Å². The molecule has 0 bridgehead atoms. The molecule has 0 amide bonds. The molecule has 0 N–H and O–H groups in total. The van der Waals surface area contributed by atoms with Crippen molar-refractivity contribution in [2.45, 2.75) is 13.3 Å². The van der Waals surface area contributed by atoms with Crippen molar-refractivity contribution in [3.63, 3.8) is 0 Å². The first-order chi connectivity index (χ1) is 11.7. The number of likely N-dealkylation sites (N-methyl/N-ethyl adjacent to an activating group) is 1. The van der Waals surface area contributed by atoms with Crippen LogP contribution in [-0.4, -0.2) is 44.8 Å². The molecule has 0 aliphatic carbocycles. The zero-order valence-electron chi connectivity index (χ0n) is 14.8. The normalized spacial score (nSPS) is 13.7. The van der Waals surface area contributed by atoms with E-state index in [1.165, 1.54) is 0 Å². The molecule has 0 spiro atoms. The summed E-state index contributed by atoms with van der Waals surface area (Å²) in [5.41, 5.74) is 2.06. The van der Waals surface area contributed by atoms with Crippen molar-refractivity contribution < 1.29 is 9.47 Å².